The average Bonchev–Trinajstić information content (AvgIpc) is 3.06. The van der Waals surface area contributed by atoms with E-state index in [2.05, 4.69) is 4.90 Å². The monoisotopic (exact) mass is 467 g/mol. The molecule has 3 heterocycles. The third-order valence-electron chi connectivity index (χ3n) is 6.56. The number of benzene rings is 1. The number of anilines is 1. The molecule has 0 saturated carbocycles. The largest absolute Gasteiger partial charge is 0.450 e. The van der Waals surface area contributed by atoms with Crippen molar-refractivity contribution in [3.63, 3.8) is 0 Å². The Balaban J connectivity index is 0.00000149. The van der Waals surface area contributed by atoms with E-state index in [-0.39, 0.29) is 5.91 Å². The number of likely N-dealkylation sites (tertiary alicyclic amines) is 1. The van der Waals surface area contributed by atoms with Crippen LogP contribution in [0.25, 0.3) is 0 Å². The zero-order chi connectivity index (χ0) is 24.4. The zero-order valence-corrected chi connectivity index (χ0v) is 19.7. The molecule has 0 bridgehead atoms. The smallest absolute Gasteiger partial charge is 0.416 e. The molecule has 0 unspecified atom stereocenters. The fraction of sp³-hybridized carbons (Fsp3) is 0.583. The van der Waals surface area contributed by atoms with E-state index in [1.54, 1.807) is 11.8 Å². The summed E-state index contributed by atoms with van der Waals surface area (Å²) in [6.07, 6.45) is -3.17. The maximum absolute atomic E-state index is 13.4. The van der Waals surface area contributed by atoms with Crippen molar-refractivity contribution < 1.29 is 27.5 Å². The predicted molar refractivity (Wildman–Crippen MR) is 120 cm³/mol. The molecule has 0 N–H and O–H groups in total. The topological polar surface area (TPSA) is 53.1 Å². The highest BCUT2D eigenvalue weighted by Crippen LogP contribution is 2.41. The van der Waals surface area contributed by atoms with Crippen molar-refractivity contribution >= 4 is 17.6 Å². The molecule has 2 fully saturated rings. The van der Waals surface area contributed by atoms with Gasteiger partial charge in [-0.2, -0.15) is 13.2 Å². The molecule has 0 radical (unpaired) electrons. The van der Waals surface area contributed by atoms with E-state index in [0.29, 0.717) is 55.9 Å². The second-order valence-electron chi connectivity index (χ2n) is 8.51. The molecule has 3 aliphatic rings. The summed E-state index contributed by atoms with van der Waals surface area (Å²) in [5.74, 6) is -0.587. The molecular formula is C24H32F3N3O3. The third-order valence-corrected chi connectivity index (χ3v) is 6.56. The summed E-state index contributed by atoms with van der Waals surface area (Å²) in [7, 11) is 2.00. The van der Waals surface area contributed by atoms with Gasteiger partial charge in [-0.25, -0.2) is 4.79 Å². The van der Waals surface area contributed by atoms with Gasteiger partial charge < -0.3 is 19.4 Å². The Morgan fingerprint density at radius 2 is 1.52 bits per heavy atom. The number of esters is 1. The summed E-state index contributed by atoms with van der Waals surface area (Å²) in [5.41, 5.74) is 0.0479. The lowest BCUT2D eigenvalue weighted by Gasteiger charge is -2.41. The Morgan fingerprint density at radius 1 is 0.970 bits per heavy atom. The summed E-state index contributed by atoms with van der Waals surface area (Å²) in [5, 5.41) is 0. The van der Waals surface area contributed by atoms with Crippen LogP contribution in [0.15, 0.2) is 35.4 Å². The van der Waals surface area contributed by atoms with Crippen molar-refractivity contribution in [2.24, 2.45) is 0 Å². The van der Waals surface area contributed by atoms with Crippen LogP contribution in [0.4, 0.5) is 18.9 Å². The Hall–Kier alpha value is -2.55. The minimum absolute atomic E-state index is 0.167. The number of hydrogen-bond acceptors (Lipinski definition) is 5. The van der Waals surface area contributed by atoms with Crippen LogP contribution in [0, 0.1) is 0 Å². The highest BCUT2D eigenvalue weighted by Gasteiger charge is 2.51. The molecule has 1 aromatic rings. The molecule has 6 nitrogen and oxygen atoms in total. The molecule has 182 valence electrons. The molecule has 4 rings (SSSR count). The van der Waals surface area contributed by atoms with Crippen molar-refractivity contribution in [1.29, 1.82) is 0 Å². The molecule has 0 aliphatic carbocycles. The van der Waals surface area contributed by atoms with E-state index in [9.17, 15) is 22.8 Å². The standard InChI is InChI=1S/C22H26F3N3O3.C2H6/c1-15-18(21(31-20(15)30)7-9-26(2)10-8-21)19(29)28-13-11-27(12-14-28)17-5-3-16(4-6-17)22(23,24)25;1-2/h3-6H,7-14H2,1-2H3;1-2H3. The van der Waals surface area contributed by atoms with Gasteiger partial charge >= 0.3 is 12.1 Å². The van der Waals surface area contributed by atoms with E-state index in [4.69, 9.17) is 4.74 Å². The van der Waals surface area contributed by atoms with Gasteiger partial charge in [0.25, 0.3) is 5.91 Å². The van der Waals surface area contributed by atoms with Gasteiger partial charge in [-0.3, -0.25) is 4.79 Å². The number of rotatable bonds is 2. The molecule has 0 atom stereocenters. The molecule has 3 aliphatic heterocycles. The second kappa shape index (κ2) is 9.75. The number of amides is 1. The number of ether oxygens (including phenoxy) is 1. The minimum atomic E-state index is -4.36. The van der Waals surface area contributed by atoms with E-state index < -0.39 is 23.3 Å². The number of piperidine rings is 1. The van der Waals surface area contributed by atoms with Crippen molar-refractivity contribution in [2.75, 3.05) is 51.2 Å². The number of nitrogens with zero attached hydrogens (tertiary/aromatic N) is 3. The van der Waals surface area contributed by atoms with Gasteiger partial charge in [0.15, 0.2) is 0 Å². The second-order valence-corrected chi connectivity index (χ2v) is 8.51. The number of piperazine rings is 1. The van der Waals surface area contributed by atoms with Gasteiger partial charge in [0.2, 0.25) is 0 Å². The van der Waals surface area contributed by atoms with Crippen LogP contribution < -0.4 is 4.90 Å². The van der Waals surface area contributed by atoms with Crippen molar-refractivity contribution in [3.05, 3.63) is 41.0 Å². The molecule has 9 heteroatoms. The zero-order valence-electron chi connectivity index (χ0n) is 19.7. The van der Waals surface area contributed by atoms with E-state index >= 15 is 0 Å². The van der Waals surface area contributed by atoms with Crippen LogP contribution in [0.1, 0.15) is 39.2 Å². The predicted octanol–water partition coefficient (Wildman–Crippen LogP) is 3.72. The Bertz CT molecular complexity index is 896. The molecular weight excluding hydrogens is 435 g/mol. The van der Waals surface area contributed by atoms with E-state index in [1.165, 1.54) is 12.1 Å². The van der Waals surface area contributed by atoms with Gasteiger partial charge in [0.05, 0.1) is 11.1 Å². The first-order valence-corrected chi connectivity index (χ1v) is 11.5. The molecule has 1 amide bonds. The van der Waals surface area contributed by atoms with Crippen LogP contribution in [0.5, 0.6) is 0 Å². The highest BCUT2D eigenvalue weighted by molar-refractivity contribution is 6.07. The summed E-state index contributed by atoms with van der Waals surface area (Å²) in [6.45, 7) is 9.03. The van der Waals surface area contributed by atoms with E-state index in [0.717, 1.165) is 25.2 Å². The van der Waals surface area contributed by atoms with Gasteiger partial charge in [0, 0.05) is 63.4 Å². The summed E-state index contributed by atoms with van der Waals surface area (Å²) >= 11 is 0. The molecule has 1 aromatic carbocycles. The Labute approximate surface area is 193 Å². The summed E-state index contributed by atoms with van der Waals surface area (Å²) < 4.78 is 44.1. The van der Waals surface area contributed by atoms with Crippen LogP contribution in [0.2, 0.25) is 0 Å². The van der Waals surface area contributed by atoms with E-state index in [1.807, 2.05) is 25.8 Å². The first kappa shape index (κ1) is 25.1. The lowest BCUT2D eigenvalue weighted by atomic mass is 9.82. The normalized spacial score (nSPS) is 21.1. The average molecular weight is 468 g/mol. The fourth-order valence-electron chi connectivity index (χ4n) is 4.62. The Morgan fingerprint density at radius 3 is 2.03 bits per heavy atom. The van der Waals surface area contributed by atoms with Crippen molar-refractivity contribution in [1.82, 2.24) is 9.80 Å². The number of carbonyl (C=O) groups excluding carboxylic acids is 2. The molecule has 33 heavy (non-hydrogen) atoms. The van der Waals surface area contributed by atoms with Gasteiger partial charge in [-0.1, -0.05) is 13.8 Å². The molecule has 0 aromatic heterocycles. The highest BCUT2D eigenvalue weighted by atomic mass is 19.4. The molecule has 2 saturated heterocycles. The first-order chi connectivity index (χ1) is 15.6. The SMILES string of the molecule is CC.CC1=C(C(=O)N2CCN(c3ccc(C(F)(F)F)cc3)CC2)C2(CCN(C)CC2)OC1=O. The number of hydrogen-bond donors (Lipinski definition) is 0. The number of carbonyl (C=O) groups is 2. The van der Waals surface area contributed by atoms with Crippen LogP contribution in [-0.4, -0.2) is 73.6 Å². The van der Waals surface area contributed by atoms with Crippen LogP contribution in [0.3, 0.4) is 0 Å². The Kier molecular flexibility index (Phi) is 7.41. The molecule has 1 spiro atoms. The lowest BCUT2D eigenvalue weighted by molar-refractivity contribution is -0.151. The fourth-order valence-corrected chi connectivity index (χ4v) is 4.62. The number of halogens is 3. The van der Waals surface area contributed by atoms with Crippen molar-refractivity contribution in [3.8, 4) is 0 Å². The quantitative estimate of drug-likeness (QED) is 0.621. The van der Waals surface area contributed by atoms with Gasteiger partial charge in [0.1, 0.15) is 5.60 Å². The maximum Gasteiger partial charge on any atom is 0.416 e. The summed E-state index contributed by atoms with van der Waals surface area (Å²) in [6, 6.07) is 5.08. The van der Waals surface area contributed by atoms with Crippen molar-refractivity contribution in [2.45, 2.75) is 45.4 Å². The third kappa shape index (κ3) is 5.03. The van der Waals surface area contributed by atoms with Crippen LogP contribution >= 0.6 is 0 Å². The maximum atomic E-state index is 13.4. The minimum Gasteiger partial charge on any atom is -0.450 e. The van der Waals surface area contributed by atoms with Gasteiger partial charge in [-0.15, -0.1) is 0 Å². The summed E-state index contributed by atoms with van der Waals surface area (Å²) in [4.78, 5) is 31.5. The van der Waals surface area contributed by atoms with Gasteiger partial charge in [-0.05, 0) is 38.2 Å². The van der Waals surface area contributed by atoms with Crippen LogP contribution in [-0.2, 0) is 20.5 Å². The lowest BCUT2D eigenvalue weighted by Crippen LogP contribution is -2.53. The first-order valence-electron chi connectivity index (χ1n) is 11.5. The number of alkyl halides is 3.